The number of aryl methyl sites for hydroxylation is 1. The highest BCUT2D eigenvalue weighted by Gasteiger charge is 2.02. The second-order valence-corrected chi connectivity index (χ2v) is 5.55. The zero-order chi connectivity index (χ0) is 14.4. The van der Waals surface area contributed by atoms with Gasteiger partial charge in [-0.05, 0) is 36.2 Å². The first-order valence-electron chi connectivity index (χ1n) is 6.45. The molecule has 3 nitrogen and oxygen atoms in total. The van der Waals surface area contributed by atoms with Crippen molar-refractivity contribution in [2.45, 2.75) is 13.5 Å². The second kappa shape index (κ2) is 7.10. The Morgan fingerprint density at radius 2 is 1.90 bits per heavy atom. The number of benzene rings is 2. The number of carbonyl (C=O) groups excluding carboxylic acids is 1. The van der Waals surface area contributed by atoms with Gasteiger partial charge in [-0.1, -0.05) is 46.3 Å². The Labute approximate surface area is 127 Å². The maximum Gasteiger partial charge on any atom is 0.239 e. The molecule has 20 heavy (non-hydrogen) atoms. The lowest BCUT2D eigenvalue weighted by atomic mass is 10.2. The van der Waals surface area contributed by atoms with Crippen LogP contribution in [0.3, 0.4) is 0 Å². The highest BCUT2D eigenvalue weighted by atomic mass is 79.9. The molecule has 0 aliphatic rings. The number of hydrogen-bond donors (Lipinski definition) is 2. The quantitative estimate of drug-likeness (QED) is 0.879. The van der Waals surface area contributed by atoms with E-state index in [2.05, 4.69) is 26.6 Å². The van der Waals surface area contributed by atoms with Crippen molar-refractivity contribution in [2.24, 2.45) is 0 Å². The van der Waals surface area contributed by atoms with Crippen LogP contribution in [-0.2, 0) is 11.3 Å². The van der Waals surface area contributed by atoms with E-state index in [1.807, 2.05) is 55.5 Å². The second-order valence-electron chi connectivity index (χ2n) is 4.63. The minimum absolute atomic E-state index is 0.0218. The fourth-order valence-corrected chi connectivity index (χ4v) is 2.49. The van der Waals surface area contributed by atoms with E-state index in [9.17, 15) is 4.79 Å². The van der Waals surface area contributed by atoms with Gasteiger partial charge in [-0.3, -0.25) is 4.79 Å². The topological polar surface area (TPSA) is 41.1 Å². The van der Waals surface area contributed by atoms with E-state index in [4.69, 9.17) is 0 Å². The Kier molecular flexibility index (Phi) is 5.18. The molecule has 0 radical (unpaired) electrons. The molecule has 0 aliphatic carbocycles. The lowest BCUT2D eigenvalue weighted by molar-refractivity contribution is -0.119. The van der Waals surface area contributed by atoms with Crippen LogP contribution >= 0.6 is 15.9 Å². The summed E-state index contributed by atoms with van der Waals surface area (Å²) in [6.45, 7) is 2.84. The van der Waals surface area contributed by atoms with Crippen LogP contribution in [0.1, 0.15) is 11.1 Å². The molecular formula is C16H17BrN2O. The average Bonchev–Trinajstić information content (AvgIpc) is 2.43. The number of nitrogens with one attached hydrogen (secondary N) is 2. The summed E-state index contributed by atoms with van der Waals surface area (Å²) in [7, 11) is 0. The molecule has 0 unspecified atom stereocenters. The van der Waals surface area contributed by atoms with Gasteiger partial charge in [0.15, 0.2) is 0 Å². The molecule has 0 fully saturated rings. The van der Waals surface area contributed by atoms with Crippen molar-refractivity contribution in [3.63, 3.8) is 0 Å². The molecule has 0 spiro atoms. The Balaban J connectivity index is 1.80. The fraction of sp³-hybridized carbons (Fsp3) is 0.188. The number of hydrogen-bond acceptors (Lipinski definition) is 2. The van der Waals surface area contributed by atoms with Gasteiger partial charge in [0, 0.05) is 16.7 Å². The minimum atomic E-state index is -0.0218. The predicted octanol–water partition coefficient (Wildman–Crippen LogP) is 3.49. The summed E-state index contributed by atoms with van der Waals surface area (Å²) >= 11 is 3.44. The molecule has 0 heterocycles. The van der Waals surface area contributed by atoms with Gasteiger partial charge in [0.25, 0.3) is 0 Å². The van der Waals surface area contributed by atoms with Gasteiger partial charge in [-0.2, -0.15) is 0 Å². The third-order valence-corrected chi connectivity index (χ3v) is 3.29. The molecule has 0 saturated heterocycles. The standard InChI is InChI=1S/C16H17BrN2O/c1-12-7-14(17)9-15(8-12)18-11-16(20)19-10-13-5-3-2-4-6-13/h2-9,18H,10-11H2,1H3,(H,19,20). The highest BCUT2D eigenvalue weighted by Crippen LogP contribution is 2.18. The smallest absolute Gasteiger partial charge is 0.239 e. The summed E-state index contributed by atoms with van der Waals surface area (Å²) in [4.78, 5) is 11.8. The largest absolute Gasteiger partial charge is 0.376 e. The SMILES string of the molecule is Cc1cc(Br)cc(NCC(=O)NCc2ccccc2)c1. The van der Waals surface area contributed by atoms with Gasteiger partial charge < -0.3 is 10.6 Å². The summed E-state index contributed by atoms with van der Waals surface area (Å²) in [5.41, 5.74) is 3.18. The van der Waals surface area contributed by atoms with Crippen molar-refractivity contribution in [3.8, 4) is 0 Å². The van der Waals surface area contributed by atoms with Crippen LogP contribution in [0.5, 0.6) is 0 Å². The van der Waals surface area contributed by atoms with Crippen molar-refractivity contribution < 1.29 is 4.79 Å². The molecular weight excluding hydrogens is 316 g/mol. The van der Waals surface area contributed by atoms with Crippen LogP contribution in [-0.4, -0.2) is 12.5 Å². The van der Waals surface area contributed by atoms with E-state index >= 15 is 0 Å². The maximum atomic E-state index is 11.8. The van der Waals surface area contributed by atoms with Gasteiger partial charge in [-0.25, -0.2) is 0 Å². The van der Waals surface area contributed by atoms with Crippen LogP contribution < -0.4 is 10.6 Å². The monoisotopic (exact) mass is 332 g/mol. The van der Waals surface area contributed by atoms with Crippen molar-refractivity contribution in [3.05, 3.63) is 64.1 Å². The Morgan fingerprint density at radius 1 is 1.15 bits per heavy atom. The molecule has 2 aromatic rings. The summed E-state index contributed by atoms with van der Waals surface area (Å²) in [6.07, 6.45) is 0. The third-order valence-electron chi connectivity index (χ3n) is 2.83. The van der Waals surface area contributed by atoms with Gasteiger partial charge in [-0.15, -0.1) is 0 Å². The van der Waals surface area contributed by atoms with Crippen molar-refractivity contribution in [1.29, 1.82) is 0 Å². The van der Waals surface area contributed by atoms with Gasteiger partial charge in [0.05, 0.1) is 6.54 Å². The summed E-state index contributed by atoms with van der Waals surface area (Å²) < 4.78 is 1.00. The first-order chi connectivity index (χ1) is 9.63. The highest BCUT2D eigenvalue weighted by molar-refractivity contribution is 9.10. The summed E-state index contributed by atoms with van der Waals surface area (Å²) in [5.74, 6) is -0.0218. The van der Waals surface area contributed by atoms with E-state index in [-0.39, 0.29) is 12.5 Å². The molecule has 4 heteroatoms. The first-order valence-corrected chi connectivity index (χ1v) is 7.24. The third kappa shape index (κ3) is 4.70. The lowest BCUT2D eigenvalue weighted by Gasteiger charge is -2.09. The van der Waals surface area contributed by atoms with Crippen LogP contribution in [0.25, 0.3) is 0 Å². The van der Waals surface area contributed by atoms with E-state index in [1.165, 1.54) is 0 Å². The number of anilines is 1. The molecule has 2 rings (SSSR count). The first kappa shape index (κ1) is 14.6. The predicted molar refractivity (Wildman–Crippen MR) is 85.7 cm³/mol. The zero-order valence-electron chi connectivity index (χ0n) is 11.3. The van der Waals surface area contributed by atoms with E-state index < -0.39 is 0 Å². The molecule has 0 atom stereocenters. The number of carbonyl (C=O) groups is 1. The van der Waals surface area contributed by atoms with Crippen molar-refractivity contribution >= 4 is 27.5 Å². The lowest BCUT2D eigenvalue weighted by Crippen LogP contribution is -2.29. The Bertz CT molecular complexity index is 564. The summed E-state index contributed by atoms with van der Waals surface area (Å²) in [5, 5.41) is 6.01. The minimum Gasteiger partial charge on any atom is -0.376 e. The van der Waals surface area contributed by atoms with E-state index in [0.29, 0.717) is 6.54 Å². The molecule has 0 aliphatic heterocycles. The van der Waals surface area contributed by atoms with Crippen LogP contribution in [0.2, 0.25) is 0 Å². The zero-order valence-corrected chi connectivity index (χ0v) is 12.9. The maximum absolute atomic E-state index is 11.8. The molecule has 104 valence electrons. The van der Waals surface area contributed by atoms with Crippen molar-refractivity contribution in [2.75, 3.05) is 11.9 Å². The van der Waals surface area contributed by atoms with Gasteiger partial charge in [0.1, 0.15) is 0 Å². The molecule has 0 bridgehead atoms. The van der Waals surface area contributed by atoms with Crippen LogP contribution in [0, 0.1) is 6.92 Å². The molecule has 1 amide bonds. The normalized spacial score (nSPS) is 10.1. The fourth-order valence-electron chi connectivity index (χ4n) is 1.88. The van der Waals surface area contributed by atoms with Crippen LogP contribution in [0.15, 0.2) is 53.0 Å². The number of halogens is 1. The molecule has 0 aromatic heterocycles. The van der Waals surface area contributed by atoms with Gasteiger partial charge in [0.2, 0.25) is 5.91 Å². The van der Waals surface area contributed by atoms with Crippen LogP contribution in [0.4, 0.5) is 5.69 Å². The van der Waals surface area contributed by atoms with E-state index in [0.717, 1.165) is 21.3 Å². The van der Waals surface area contributed by atoms with Crippen molar-refractivity contribution in [1.82, 2.24) is 5.32 Å². The van der Waals surface area contributed by atoms with E-state index in [1.54, 1.807) is 0 Å². The number of amides is 1. The Morgan fingerprint density at radius 3 is 2.60 bits per heavy atom. The number of rotatable bonds is 5. The molecule has 0 saturated carbocycles. The van der Waals surface area contributed by atoms with Gasteiger partial charge >= 0.3 is 0 Å². The Hall–Kier alpha value is -1.81. The summed E-state index contributed by atoms with van der Waals surface area (Å²) in [6, 6.07) is 15.9. The average molecular weight is 333 g/mol. The molecule has 2 N–H and O–H groups in total. The molecule has 2 aromatic carbocycles.